The van der Waals surface area contributed by atoms with Crippen molar-refractivity contribution >= 4 is 44.3 Å². The van der Waals surface area contributed by atoms with E-state index < -0.39 is 9.84 Å². The molecule has 0 bridgehead atoms. The van der Waals surface area contributed by atoms with E-state index in [0.29, 0.717) is 23.8 Å². The first-order valence-corrected chi connectivity index (χ1v) is 12.7. The van der Waals surface area contributed by atoms with Gasteiger partial charge in [-0.2, -0.15) is 0 Å². The molecule has 0 fully saturated rings. The summed E-state index contributed by atoms with van der Waals surface area (Å²) in [7, 11) is -3.02. The smallest absolute Gasteiger partial charge is 0.691 e. The third-order valence-electron chi connectivity index (χ3n) is 4.59. The molecule has 0 aliphatic carbocycles. The number of hydrogen-bond acceptors (Lipinski definition) is 11. The molecule has 0 saturated carbocycles. The second kappa shape index (κ2) is 17.9. The van der Waals surface area contributed by atoms with Gasteiger partial charge in [-0.3, -0.25) is 9.22 Å². The summed E-state index contributed by atoms with van der Waals surface area (Å²) in [4.78, 5) is 0. The molecule has 10 nitrogen and oxygen atoms in total. The molecule has 0 unspecified atom stereocenters. The SMILES string of the molecule is CS(=O)(=O)CCOSOO[O-].Cc1ccc2c3c(c(C)cc2c1)OCOc1ccccc1N=N3.[CH3-].[Na+].[Y]. The van der Waals surface area contributed by atoms with E-state index in [-0.39, 0.29) is 88.8 Å². The number of sulfone groups is 1. The van der Waals surface area contributed by atoms with E-state index >= 15 is 0 Å². The number of aryl methyl sites for hydroxylation is 2. The third-order valence-corrected chi connectivity index (χ3v) is 5.87. The minimum Gasteiger partial charge on any atom is -0.691 e. The average Bonchev–Trinajstić information content (AvgIpc) is 2.88. The Bertz CT molecular complexity index is 1280. The number of azo groups is 1. The van der Waals surface area contributed by atoms with E-state index in [1.165, 1.54) is 5.56 Å². The largest absolute Gasteiger partial charge is 1.00 e. The predicted octanol–water partition coefficient (Wildman–Crippen LogP) is 1.89. The Kier molecular flexibility index (Phi) is 17.5. The number of fused-ring (bicyclic) bond motifs is 4. The molecule has 1 aliphatic heterocycles. The van der Waals surface area contributed by atoms with E-state index in [0.717, 1.165) is 34.0 Å². The van der Waals surface area contributed by atoms with Gasteiger partial charge in [0.2, 0.25) is 6.79 Å². The molecule has 0 amide bonds. The van der Waals surface area contributed by atoms with Crippen molar-refractivity contribution in [3.05, 3.63) is 67.1 Å². The summed E-state index contributed by atoms with van der Waals surface area (Å²) >= 11 is 0.295. The van der Waals surface area contributed by atoms with Crippen LogP contribution in [0.4, 0.5) is 11.4 Å². The van der Waals surface area contributed by atoms with Crippen LogP contribution in [0.15, 0.2) is 58.8 Å². The number of nitrogens with zero attached hydrogens (tertiary/aromatic N) is 2. The van der Waals surface area contributed by atoms with Gasteiger partial charge in [0.25, 0.3) is 0 Å². The summed E-state index contributed by atoms with van der Waals surface area (Å²) in [5, 5.41) is 23.1. The molecule has 3 aromatic rings. The second-order valence-electron chi connectivity index (χ2n) is 7.33. The molecule has 0 atom stereocenters. The van der Waals surface area contributed by atoms with Crippen molar-refractivity contribution < 1.29 is 99.0 Å². The molecule has 0 N–H and O–H groups in total. The van der Waals surface area contributed by atoms with Crippen LogP contribution in [0.3, 0.4) is 0 Å². The van der Waals surface area contributed by atoms with Crippen LogP contribution >= 0.6 is 12.3 Å². The van der Waals surface area contributed by atoms with Gasteiger partial charge in [0.05, 0.1) is 12.4 Å². The van der Waals surface area contributed by atoms with Crippen molar-refractivity contribution in [3.63, 3.8) is 0 Å². The zero-order chi connectivity index (χ0) is 24.6. The van der Waals surface area contributed by atoms with Gasteiger partial charge in [-0.25, -0.2) is 8.42 Å². The third kappa shape index (κ3) is 11.6. The first-order chi connectivity index (χ1) is 16.3. The van der Waals surface area contributed by atoms with Crippen LogP contribution in [0.5, 0.6) is 11.5 Å². The van der Waals surface area contributed by atoms with Crippen LogP contribution in [0.2, 0.25) is 0 Å². The van der Waals surface area contributed by atoms with Crippen molar-refractivity contribution in [1.82, 2.24) is 0 Å². The summed E-state index contributed by atoms with van der Waals surface area (Å²) in [6.45, 7) is 4.18. The zero-order valence-corrected chi connectivity index (χ0v) is 27.8. The molecular formula is C23H26N2NaO8S2Y-. The van der Waals surface area contributed by atoms with E-state index in [2.05, 4.69) is 55.0 Å². The van der Waals surface area contributed by atoms with Crippen LogP contribution in [0.1, 0.15) is 11.1 Å². The van der Waals surface area contributed by atoms with E-state index in [9.17, 15) is 8.42 Å². The normalized spacial score (nSPS) is 11.7. The molecule has 0 saturated heterocycles. The molecule has 0 spiro atoms. The Morgan fingerprint density at radius 2 is 1.81 bits per heavy atom. The van der Waals surface area contributed by atoms with Crippen LogP contribution in [-0.4, -0.2) is 33.8 Å². The Hall–Kier alpha value is -0.636. The molecule has 4 rings (SSSR count). The summed E-state index contributed by atoms with van der Waals surface area (Å²) in [5.74, 6) is 1.27. The monoisotopic (exact) mass is 634 g/mol. The van der Waals surface area contributed by atoms with Crippen molar-refractivity contribution in [2.75, 3.05) is 25.4 Å². The van der Waals surface area contributed by atoms with Crippen LogP contribution < -0.4 is 44.3 Å². The molecule has 1 heterocycles. The zero-order valence-electron chi connectivity index (χ0n) is 21.3. The minimum atomic E-state index is -3.02. The van der Waals surface area contributed by atoms with Crippen LogP contribution in [-0.2, 0) is 56.1 Å². The number of rotatable bonds is 6. The van der Waals surface area contributed by atoms with E-state index in [4.69, 9.17) is 14.7 Å². The maximum atomic E-state index is 10.4. The van der Waals surface area contributed by atoms with Gasteiger partial charge in [0.1, 0.15) is 21.2 Å². The van der Waals surface area contributed by atoms with Gasteiger partial charge in [0, 0.05) is 44.4 Å². The Morgan fingerprint density at radius 1 is 1.08 bits per heavy atom. The second-order valence-corrected chi connectivity index (χ2v) is 10.1. The quantitative estimate of drug-likeness (QED) is 0.0998. The van der Waals surface area contributed by atoms with Gasteiger partial charge < -0.3 is 22.2 Å². The van der Waals surface area contributed by atoms with Gasteiger partial charge in [0.15, 0.2) is 23.8 Å². The van der Waals surface area contributed by atoms with E-state index in [1.807, 2.05) is 31.2 Å². The average molecular weight is 634 g/mol. The Labute approximate surface area is 268 Å². The van der Waals surface area contributed by atoms with Gasteiger partial charge >= 0.3 is 29.6 Å². The van der Waals surface area contributed by atoms with E-state index in [1.54, 1.807) is 0 Å². The molecule has 193 valence electrons. The maximum Gasteiger partial charge on any atom is 1.00 e. The standard InChI is InChI=1S/C19H16N2O2.C3H8O6S2.CH3.Na.Y/c1-12-7-8-15-14(9-12)10-13(2)19-18(15)21-20-16-5-3-4-6-17(16)22-11-23-19;1-11(5,6)3-2-7-10-9-8-4;;;/h3-10H,11H2,1-2H3;4H,2-3H2,1H3;1H3;;/q;;-1;+1;/p-1. The Morgan fingerprint density at radius 3 is 2.51 bits per heavy atom. The van der Waals surface area contributed by atoms with Crippen molar-refractivity contribution in [2.24, 2.45) is 10.2 Å². The topological polar surface area (TPSA) is 128 Å². The number of benzene rings is 3. The fourth-order valence-corrected chi connectivity index (χ4v) is 3.78. The fraction of sp³-hybridized carbons (Fsp3) is 0.261. The molecule has 14 heteroatoms. The first-order valence-electron chi connectivity index (χ1n) is 10.0. The minimum absolute atomic E-state index is 0. The summed E-state index contributed by atoms with van der Waals surface area (Å²) in [6, 6.07) is 16.0. The first kappa shape index (κ1) is 36.4. The molecular weight excluding hydrogens is 608 g/mol. The Balaban J connectivity index is 0.000000807. The maximum absolute atomic E-state index is 10.4. The van der Waals surface area contributed by atoms with Gasteiger partial charge in [-0.05, 0) is 43.0 Å². The number of ether oxygens (including phenoxy) is 2. The summed E-state index contributed by atoms with van der Waals surface area (Å²) < 4.78 is 40.5. The number of para-hydroxylation sites is 1. The van der Waals surface area contributed by atoms with Gasteiger partial charge in [-0.1, -0.05) is 35.9 Å². The number of hydrogen-bond donors (Lipinski definition) is 0. The predicted molar refractivity (Wildman–Crippen MR) is 132 cm³/mol. The van der Waals surface area contributed by atoms with Crippen molar-refractivity contribution in [3.8, 4) is 11.5 Å². The summed E-state index contributed by atoms with van der Waals surface area (Å²) in [6.07, 6.45) is 1.08. The van der Waals surface area contributed by atoms with Crippen LogP contribution in [0, 0.1) is 21.3 Å². The molecule has 1 radical (unpaired) electrons. The molecule has 1 aliphatic rings. The molecule has 3 aromatic carbocycles. The van der Waals surface area contributed by atoms with Crippen molar-refractivity contribution in [1.29, 1.82) is 0 Å². The van der Waals surface area contributed by atoms with Gasteiger partial charge in [-0.15, -0.1) is 14.6 Å². The molecule has 37 heavy (non-hydrogen) atoms. The summed E-state index contributed by atoms with van der Waals surface area (Å²) in [5.41, 5.74) is 3.68. The van der Waals surface area contributed by atoms with Crippen LogP contribution in [0.25, 0.3) is 10.8 Å². The van der Waals surface area contributed by atoms with Crippen molar-refractivity contribution in [2.45, 2.75) is 13.8 Å². The fourth-order valence-electron chi connectivity index (χ4n) is 3.07. The molecule has 0 aromatic heterocycles.